The highest BCUT2D eigenvalue weighted by atomic mass is 16.5. The predicted molar refractivity (Wildman–Crippen MR) is 40.2 cm³/mol. The van der Waals surface area contributed by atoms with Crippen LogP contribution in [0, 0.1) is 5.92 Å². The molecule has 1 unspecified atom stereocenters. The second-order valence-electron chi connectivity index (χ2n) is 2.94. The Kier molecular flexibility index (Phi) is 2.88. The summed E-state index contributed by atoms with van der Waals surface area (Å²) in [6, 6.07) is 0. The molecule has 0 aromatic rings. The van der Waals surface area contributed by atoms with E-state index >= 15 is 0 Å². The van der Waals surface area contributed by atoms with Gasteiger partial charge in [-0.1, -0.05) is 0 Å². The Morgan fingerprint density at radius 3 is 2.91 bits per heavy atom. The SMILES string of the molecule is CC(=O)O[C@@H](C)C1CCOC1. The zero-order chi connectivity index (χ0) is 8.27. The van der Waals surface area contributed by atoms with Crippen molar-refractivity contribution in [3.63, 3.8) is 0 Å². The molecule has 0 spiro atoms. The summed E-state index contributed by atoms with van der Waals surface area (Å²) in [7, 11) is 0. The number of esters is 1. The molecule has 1 heterocycles. The summed E-state index contributed by atoms with van der Waals surface area (Å²) in [5, 5.41) is 0. The molecule has 64 valence electrons. The van der Waals surface area contributed by atoms with E-state index in [2.05, 4.69) is 0 Å². The van der Waals surface area contributed by atoms with Crippen LogP contribution in [0.25, 0.3) is 0 Å². The first-order valence-electron chi connectivity index (χ1n) is 3.95. The standard InChI is InChI=1S/C8H14O3/c1-6(11-7(2)9)8-3-4-10-5-8/h6,8H,3-5H2,1-2H3/t6-,8?/m0/s1. The second kappa shape index (κ2) is 3.72. The highest BCUT2D eigenvalue weighted by molar-refractivity contribution is 5.66. The Morgan fingerprint density at radius 2 is 2.45 bits per heavy atom. The first-order chi connectivity index (χ1) is 5.20. The van der Waals surface area contributed by atoms with Crippen LogP contribution in [0.15, 0.2) is 0 Å². The summed E-state index contributed by atoms with van der Waals surface area (Å²) in [4.78, 5) is 10.5. The van der Waals surface area contributed by atoms with Crippen LogP contribution in [-0.2, 0) is 14.3 Å². The van der Waals surface area contributed by atoms with Gasteiger partial charge < -0.3 is 9.47 Å². The molecule has 0 radical (unpaired) electrons. The lowest BCUT2D eigenvalue weighted by atomic mass is 10.0. The van der Waals surface area contributed by atoms with E-state index in [-0.39, 0.29) is 12.1 Å². The van der Waals surface area contributed by atoms with E-state index in [9.17, 15) is 4.79 Å². The van der Waals surface area contributed by atoms with Gasteiger partial charge in [0.05, 0.1) is 6.61 Å². The molecule has 11 heavy (non-hydrogen) atoms. The van der Waals surface area contributed by atoms with E-state index in [0.717, 1.165) is 19.6 Å². The summed E-state index contributed by atoms with van der Waals surface area (Å²) in [5.74, 6) is 0.197. The topological polar surface area (TPSA) is 35.5 Å². The third-order valence-electron chi connectivity index (χ3n) is 1.98. The van der Waals surface area contributed by atoms with Crippen molar-refractivity contribution in [1.82, 2.24) is 0 Å². The Labute approximate surface area is 66.7 Å². The van der Waals surface area contributed by atoms with Gasteiger partial charge in [0, 0.05) is 19.4 Å². The summed E-state index contributed by atoms with van der Waals surface area (Å²) >= 11 is 0. The van der Waals surface area contributed by atoms with Crippen LogP contribution in [0.1, 0.15) is 20.3 Å². The average Bonchev–Trinajstić information content (AvgIpc) is 2.35. The first kappa shape index (κ1) is 8.53. The fourth-order valence-corrected chi connectivity index (χ4v) is 1.28. The fourth-order valence-electron chi connectivity index (χ4n) is 1.28. The van der Waals surface area contributed by atoms with Crippen LogP contribution in [0.5, 0.6) is 0 Å². The highest BCUT2D eigenvalue weighted by Crippen LogP contribution is 2.18. The number of carbonyl (C=O) groups is 1. The van der Waals surface area contributed by atoms with E-state index in [1.807, 2.05) is 6.92 Å². The van der Waals surface area contributed by atoms with E-state index in [1.54, 1.807) is 0 Å². The molecule has 2 atom stereocenters. The minimum atomic E-state index is -0.204. The Balaban J connectivity index is 2.28. The average molecular weight is 158 g/mol. The molecule has 1 rings (SSSR count). The number of hydrogen-bond donors (Lipinski definition) is 0. The molecule has 1 aliphatic heterocycles. The number of carbonyl (C=O) groups excluding carboxylic acids is 1. The maximum atomic E-state index is 10.5. The molecule has 0 aliphatic carbocycles. The van der Waals surface area contributed by atoms with Gasteiger partial charge in [-0.15, -0.1) is 0 Å². The van der Waals surface area contributed by atoms with Gasteiger partial charge in [-0.2, -0.15) is 0 Å². The molecule has 0 aromatic heterocycles. The molecule has 0 aromatic carbocycles. The van der Waals surface area contributed by atoms with Crippen molar-refractivity contribution in [3.05, 3.63) is 0 Å². The summed E-state index contributed by atoms with van der Waals surface area (Å²) in [6.45, 7) is 4.89. The summed E-state index contributed by atoms with van der Waals surface area (Å²) in [6.07, 6.45) is 1.02. The number of hydrogen-bond acceptors (Lipinski definition) is 3. The summed E-state index contributed by atoms with van der Waals surface area (Å²) < 4.78 is 10.2. The van der Waals surface area contributed by atoms with Crippen molar-refractivity contribution in [2.75, 3.05) is 13.2 Å². The smallest absolute Gasteiger partial charge is 0.302 e. The lowest BCUT2D eigenvalue weighted by Gasteiger charge is -2.16. The molecule has 0 amide bonds. The molecule has 1 saturated heterocycles. The van der Waals surface area contributed by atoms with Crippen molar-refractivity contribution in [1.29, 1.82) is 0 Å². The van der Waals surface area contributed by atoms with Crippen molar-refractivity contribution in [2.45, 2.75) is 26.4 Å². The highest BCUT2D eigenvalue weighted by Gasteiger charge is 2.23. The van der Waals surface area contributed by atoms with Gasteiger partial charge in [-0.05, 0) is 13.3 Å². The van der Waals surface area contributed by atoms with Crippen LogP contribution >= 0.6 is 0 Å². The molecule has 0 N–H and O–H groups in total. The molecular formula is C8H14O3. The maximum Gasteiger partial charge on any atom is 0.302 e. The zero-order valence-corrected chi connectivity index (χ0v) is 7.00. The molecule has 3 nitrogen and oxygen atoms in total. The van der Waals surface area contributed by atoms with Crippen LogP contribution in [0.2, 0.25) is 0 Å². The monoisotopic (exact) mass is 158 g/mol. The van der Waals surface area contributed by atoms with Crippen LogP contribution in [-0.4, -0.2) is 25.3 Å². The maximum absolute atomic E-state index is 10.5. The molecular weight excluding hydrogens is 144 g/mol. The zero-order valence-electron chi connectivity index (χ0n) is 7.00. The third kappa shape index (κ3) is 2.50. The van der Waals surface area contributed by atoms with E-state index < -0.39 is 0 Å². The van der Waals surface area contributed by atoms with Gasteiger partial charge in [-0.25, -0.2) is 0 Å². The van der Waals surface area contributed by atoms with Crippen LogP contribution in [0.3, 0.4) is 0 Å². The van der Waals surface area contributed by atoms with Crippen molar-refractivity contribution < 1.29 is 14.3 Å². The van der Waals surface area contributed by atoms with Gasteiger partial charge in [0.2, 0.25) is 0 Å². The Hall–Kier alpha value is -0.570. The van der Waals surface area contributed by atoms with Gasteiger partial charge in [-0.3, -0.25) is 4.79 Å². The normalized spacial score (nSPS) is 26.5. The lowest BCUT2D eigenvalue weighted by Crippen LogP contribution is -2.22. The van der Waals surface area contributed by atoms with Gasteiger partial charge >= 0.3 is 5.97 Å². The minimum Gasteiger partial charge on any atom is -0.462 e. The van der Waals surface area contributed by atoms with Gasteiger partial charge in [0.25, 0.3) is 0 Å². The lowest BCUT2D eigenvalue weighted by molar-refractivity contribution is -0.147. The van der Waals surface area contributed by atoms with E-state index in [0.29, 0.717) is 5.92 Å². The first-order valence-corrected chi connectivity index (χ1v) is 3.95. The van der Waals surface area contributed by atoms with Crippen molar-refractivity contribution >= 4 is 5.97 Å². The quantitative estimate of drug-likeness (QED) is 0.562. The second-order valence-corrected chi connectivity index (χ2v) is 2.94. The molecule has 0 saturated carbocycles. The summed E-state index contributed by atoms with van der Waals surface area (Å²) in [5.41, 5.74) is 0. The molecule has 3 heteroatoms. The Bertz CT molecular complexity index is 138. The van der Waals surface area contributed by atoms with Gasteiger partial charge in [0.15, 0.2) is 0 Å². The minimum absolute atomic E-state index is 0.00926. The largest absolute Gasteiger partial charge is 0.462 e. The van der Waals surface area contributed by atoms with Crippen LogP contribution in [0.4, 0.5) is 0 Å². The molecule has 0 bridgehead atoms. The number of rotatable bonds is 2. The molecule has 1 aliphatic rings. The predicted octanol–water partition coefficient (Wildman–Crippen LogP) is 0.974. The van der Waals surface area contributed by atoms with Crippen LogP contribution < -0.4 is 0 Å². The van der Waals surface area contributed by atoms with E-state index in [1.165, 1.54) is 6.92 Å². The Morgan fingerprint density at radius 1 is 1.73 bits per heavy atom. The van der Waals surface area contributed by atoms with Crippen molar-refractivity contribution in [3.8, 4) is 0 Å². The number of ether oxygens (including phenoxy) is 2. The van der Waals surface area contributed by atoms with Gasteiger partial charge in [0.1, 0.15) is 6.10 Å². The van der Waals surface area contributed by atoms with E-state index in [4.69, 9.17) is 9.47 Å². The third-order valence-corrected chi connectivity index (χ3v) is 1.98. The van der Waals surface area contributed by atoms with Crippen molar-refractivity contribution in [2.24, 2.45) is 5.92 Å². The fraction of sp³-hybridized carbons (Fsp3) is 0.875. The molecule has 1 fully saturated rings.